The molecule has 3 saturated heterocycles. The van der Waals surface area contributed by atoms with Gasteiger partial charge in [-0.15, -0.1) is 0 Å². The highest BCUT2D eigenvalue weighted by Crippen LogP contribution is 2.52. The number of amides is 1. The Labute approximate surface area is 286 Å². The Bertz CT molecular complexity index is 1910. The van der Waals surface area contributed by atoms with E-state index in [2.05, 4.69) is 68.5 Å². The Kier molecular flexibility index (Phi) is 7.51. The lowest BCUT2D eigenvalue weighted by Gasteiger charge is -2.47. The Balaban J connectivity index is 1.10. The van der Waals surface area contributed by atoms with Crippen LogP contribution in [-0.4, -0.2) is 92.7 Å². The maximum Gasteiger partial charge on any atom is 0.238 e. The number of nitrogens with one attached hydrogen (secondary N) is 1. The minimum absolute atomic E-state index is 0.134. The predicted octanol–water partition coefficient (Wildman–Crippen LogP) is 5.91. The van der Waals surface area contributed by atoms with Crippen LogP contribution in [0.3, 0.4) is 0 Å². The number of likely N-dealkylation sites (tertiary alicyclic amines) is 2. The number of anilines is 3. The molecule has 1 spiro atoms. The lowest BCUT2D eigenvalue weighted by atomic mass is 9.73. The average molecular weight is 665 g/mol. The maximum absolute atomic E-state index is 14.8. The Morgan fingerprint density at radius 2 is 1.84 bits per heavy atom. The Hall–Kier alpha value is -3.93. The zero-order valence-electron chi connectivity index (χ0n) is 28.6. The number of hydrogen-bond donors (Lipinski definition) is 1. The molecular formula is C38H45FN8O2. The van der Waals surface area contributed by atoms with Crippen LogP contribution in [0.25, 0.3) is 22.3 Å². The van der Waals surface area contributed by atoms with Gasteiger partial charge in [-0.3, -0.25) is 19.6 Å². The van der Waals surface area contributed by atoms with Gasteiger partial charge in [0.15, 0.2) is 11.6 Å². The molecule has 3 aromatic heterocycles. The number of benzene rings is 1. The first-order valence-corrected chi connectivity index (χ1v) is 18.1. The van der Waals surface area contributed by atoms with Crippen LogP contribution >= 0.6 is 0 Å². The number of rotatable bonds is 7. The van der Waals surface area contributed by atoms with Crippen LogP contribution in [0.1, 0.15) is 64.5 Å². The van der Waals surface area contributed by atoms with Gasteiger partial charge in [-0.1, -0.05) is 19.1 Å². The summed E-state index contributed by atoms with van der Waals surface area (Å²) in [5, 5.41) is 3.25. The summed E-state index contributed by atoms with van der Waals surface area (Å²) < 4.78 is 22.4. The van der Waals surface area contributed by atoms with Gasteiger partial charge in [-0.05, 0) is 95.3 Å². The minimum Gasteiger partial charge on any atom is -0.378 e. The van der Waals surface area contributed by atoms with Gasteiger partial charge in [-0.25, -0.2) is 14.4 Å². The molecule has 256 valence electrons. The molecule has 1 amide bonds. The number of nitrogens with zero attached hydrogens (tertiary/aromatic N) is 7. The van der Waals surface area contributed by atoms with E-state index in [1.54, 1.807) is 12.3 Å². The number of halogens is 1. The maximum atomic E-state index is 14.8. The van der Waals surface area contributed by atoms with Gasteiger partial charge in [0.2, 0.25) is 5.91 Å². The molecule has 1 N–H and O–H groups in total. The molecule has 7 heterocycles. The van der Waals surface area contributed by atoms with Gasteiger partial charge < -0.3 is 19.5 Å². The fraction of sp³-hybridized carbons (Fsp3) is 0.526. The molecule has 11 heteroatoms. The van der Waals surface area contributed by atoms with Crippen molar-refractivity contribution in [3.05, 3.63) is 60.4 Å². The molecule has 4 aliphatic heterocycles. The van der Waals surface area contributed by atoms with E-state index in [0.29, 0.717) is 23.6 Å². The number of carbonyl (C=O) groups excluding carboxylic acids is 1. The fourth-order valence-corrected chi connectivity index (χ4v) is 8.96. The Morgan fingerprint density at radius 1 is 1.02 bits per heavy atom. The lowest BCUT2D eigenvalue weighted by molar-refractivity contribution is -0.128. The fourth-order valence-electron chi connectivity index (χ4n) is 8.96. The van der Waals surface area contributed by atoms with Crippen molar-refractivity contribution in [2.24, 2.45) is 5.92 Å². The highest BCUT2D eigenvalue weighted by molar-refractivity contribution is 6.09. The molecule has 10 nitrogen and oxygen atoms in total. The Morgan fingerprint density at radius 3 is 2.53 bits per heavy atom. The summed E-state index contributed by atoms with van der Waals surface area (Å²) in [4.78, 5) is 35.9. The van der Waals surface area contributed by atoms with E-state index in [1.807, 2.05) is 12.4 Å². The topological polar surface area (TPSA) is 91.7 Å². The van der Waals surface area contributed by atoms with Crippen molar-refractivity contribution in [1.82, 2.24) is 29.3 Å². The molecule has 1 saturated carbocycles. The molecule has 0 unspecified atom stereocenters. The zero-order valence-corrected chi connectivity index (χ0v) is 28.6. The molecule has 1 aliphatic carbocycles. The van der Waals surface area contributed by atoms with Crippen LogP contribution in [0, 0.1) is 11.7 Å². The van der Waals surface area contributed by atoms with Crippen molar-refractivity contribution in [2.45, 2.75) is 82.5 Å². The number of aromatic nitrogens is 4. The second-order valence-corrected chi connectivity index (χ2v) is 15.3. The summed E-state index contributed by atoms with van der Waals surface area (Å²) in [5.74, 6) is 1.10. The lowest BCUT2D eigenvalue weighted by Crippen LogP contribution is -2.59. The summed E-state index contributed by atoms with van der Waals surface area (Å²) in [5.41, 5.74) is 5.23. The monoisotopic (exact) mass is 664 g/mol. The van der Waals surface area contributed by atoms with E-state index >= 15 is 0 Å². The van der Waals surface area contributed by atoms with E-state index in [4.69, 9.17) is 14.7 Å². The normalized spacial score (nSPS) is 25.7. The number of imidazole rings is 1. The summed E-state index contributed by atoms with van der Waals surface area (Å²) in [6.45, 7) is 12.3. The summed E-state index contributed by atoms with van der Waals surface area (Å²) >= 11 is 0. The van der Waals surface area contributed by atoms with Crippen LogP contribution in [0.4, 0.5) is 21.6 Å². The molecular weight excluding hydrogens is 619 g/mol. The SMILES string of the molecule is CC(C)n1cnc2cc(-c3ccc4c(c3)N([C@H]3C[C@@H](N5CC[C@H](C)C5)C3)C(=O)C43CCN(C4COC4)CC3)nc(Nc3ccncc3F)c21. The molecule has 5 aliphatic rings. The standard InChI is InChI=1S/C38H45FN8O2/c1-23(2)46-22-41-33-17-32(43-36(35(33)46)42-31-6-10-40-18-30(31)39)25-4-5-29-34(14-25)47(27-15-26(16-27)45-11-7-24(3)19-45)37(48)38(29)8-12-44(13-9-38)28-20-49-21-28/h4-6,10,14,17-18,22-24,26-28H,7-9,11-13,15-16,19-21H2,1-3H3,(H,40,42,43)/t24-,26-,27+/m0/s1. The van der Waals surface area contributed by atoms with Gasteiger partial charge in [0.05, 0.1) is 54.1 Å². The molecule has 4 aromatic rings. The van der Waals surface area contributed by atoms with Gasteiger partial charge in [0.25, 0.3) is 0 Å². The first kappa shape index (κ1) is 31.1. The first-order chi connectivity index (χ1) is 23.8. The van der Waals surface area contributed by atoms with E-state index in [1.165, 1.54) is 19.2 Å². The predicted molar refractivity (Wildman–Crippen MR) is 188 cm³/mol. The van der Waals surface area contributed by atoms with Crippen LogP contribution < -0.4 is 10.2 Å². The summed E-state index contributed by atoms with van der Waals surface area (Å²) in [6, 6.07) is 11.5. The molecule has 0 bridgehead atoms. The molecule has 49 heavy (non-hydrogen) atoms. The van der Waals surface area contributed by atoms with Crippen molar-refractivity contribution in [3.8, 4) is 11.3 Å². The third-order valence-corrected chi connectivity index (χ3v) is 12.0. The van der Waals surface area contributed by atoms with Crippen molar-refractivity contribution in [2.75, 3.05) is 49.6 Å². The van der Waals surface area contributed by atoms with Crippen LogP contribution in [0.5, 0.6) is 0 Å². The second-order valence-electron chi connectivity index (χ2n) is 15.3. The van der Waals surface area contributed by atoms with Crippen molar-refractivity contribution >= 4 is 34.1 Å². The van der Waals surface area contributed by atoms with E-state index in [0.717, 1.165) is 98.0 Å². The molecule has 4 fully saturated rings. The molecule has 9 rings (SSSR count). The third-order valence-electron chi connectivity index (χ3n) is 12.0. The number of fused-ring (bicyclic) bond motifs is 3. The number of carbonyl (C=O) groups is 1. The summed E-state index contributed by atoms with van der Waals surface area (Å²) in [7, 11) is 0. The van der Waals surface area contributed by atoms with Crippen LogP contribution in [-0.2, 0) is 14.9 Å². The molecule has 1 atom stereocenters. The molecule has 0 radical (unpaired) electrons. The van der Waals surface area contributed by atoms with Gasteiger partial charge >= 0.3 is 0 Å². The zero-order chi connectivity index (χ0) is 33.4. The number of piperidine rings is 1. The average Bonchev–Trinajstić information content (AvgIpc) is 3.74. The van der Waals surface area contributed by atoms with Crippen molar-refractivity contribution in [3.63, 3.8) is 0 Å². The van der Waals surface area contributed by atoms with Gasteiger partial charge in [0, 0.05) is 42.1 Å². The van der Waals surface area contributed by atoms with E-state index in [-0.39, 0.29) is 18.0 Å². The third kappa shape index (κ3) is 5.07. The van der Waals surface area contributed by atoms with Gasteiger partial charge in [-0.2, -0.15) is 0 Å². The first-order valence-electron chi connectivity index (χ1n) is 18.1. The highest BCUT2D eigenvalue weighted by atomic mass is 19.1. The quantitative estimate of drug-likeness (QED) is 0.261. The van der Waals surface area contributed by atoms with Crippen molar-refractivity contribution < 1.29 is 13.9 Å². The van der Waals surface area contributed by atoms with E-state index in [9.17, 15) is 9.18 Å². The van der Waals surface area contributed by atoms with E-state index < -0.39 is 11.2 Å². The summed E-state index contributed by atoms with van der Waals surface area (Å²) in [6.07, 6.45) is 9.54. The minimum atomic E-state index is -0.499. The highest BCUT2D eigenvalue weighted by Gasteiger charge is 2.56. The number of pyridine rings is 2. The smallest absolute Gasteiger partial charge is 0.238 e. The van der Waals surface area contributed by atoms with Crippen molar-refractivity contribution in [1.29, 1.82) is 0 Å². The second kappa shape index (κ2) is 11.8. The number of hydrogen-bond acceptors (Lipinski definition) is 8. The van der Waals surface area contributed by atoms with Crippen LogP contribution in [0.15, 0.2) is 49.1 Å². The largest absolute Gasteiger partial charge is 0.378 e. The van der Waals surface area contributed by atoms with Gasteiger partial charge in [0.1, 0.15) is 5.52 Å². The molecule has 1 aromatic carbocycles. The van der Waals surface area contributed by atoms with Crippen LogP contribution in [0.2, 0.25) is 0 Å². The number of ether oxygens (including phenoxy) is 1.